The van der Waals surface area contributed by atoms with Crippen molar-refractivity contribution in [1.29, 1.82) is 0 Å². The molecule has 0 aliphatic carbocycles. The molecule has 0 amide bonds. The fourth-order valence-electron chi connectivity index (χ4n) is 1.98. The van der Waals surface area contributed by atoms with Gasteiger partial charge in [-0.1, -0.05) is 38.3 Å². The van der Waals surface area contributed by atoms with E-state index in [9.17, 15) is 8.42 Å². The molecule has 1 aromatic carbocycles. The maximum Gasteiger partial charge on any atom is 0.245 e. The molecule has 0 spiro atoms. The van der Waals surface area contributed by atoms with Gasteiger partial charge in [-0.05, 0) is 25.0 Å². The van der Waals surface area contributed by atoms with E-state index in [1.807, 2.05) is 13.8 Å². The summed E-state index contributed by atoms with van der Waals surface area (Å²) in [6, 6.07) is 2.90. The molecule has 7 heteroatoms. The molecule has 0 saturated carbocycles. The number of rotatable bonds is 8. The molecule has 0 heterocycles. The van der Waals surface area contributed by atoms with Gasteiger partial charge in [0.1, 0.15) is 4.90 Å². The van der Waals surface area contributed by atoms with Crippen molar-refractivity contribution >= 4 is 33.0 Å². The lowest BCUT2D eigenvalue weighted by Crippen LogP contribution is -2.33. The number of nitrogen functional groups attached to an aromatic ring is 2. The van der Waals surface area contributed by atoms with Gasteiger partial charge in [0.15, 0.2) is 0 Å². The Morgan fingerprint density at radius 1 is 1.10 bits per heavy atom. The fourth-order valence-corrected chi connectivity index (χ4v) is 3.84. The first kappa shape index (κ1) is 18.1. The van der Waals surface area contributed by atoms with Crippen LogP contribution in [0, 0.1) is 0 Å². The zero-order chi connectivity index (χ0) is 16.0. The maximum absolute atomic E-state index is 12.8. The monoisotopic (exact) mass is 333 g/mol. The van der Waals surface area contributed by atoms with Gasteiger partial charge in [0, 0.05) is 13.1 Å². The largest absolute Gasteiger partial charge is 0.397 e. The predicted octanol–water partition coefficient (Wildman–Crippen LogP) is 3.10. The van der Waals surface area contributed by atoms with Crippen LogP contribution in [0.1, 0.15) is 39.5 Å². The van der Waals surface area contributed by atoms with Crippen LogP contribution in [0.3, 0.4) is 0 Å². The van der Waals surface area contributed by atoms with E-state index in [2.05, 4.69) is 0 Å². The lowest BCUT2D eigenvalue weighted by atomic mass is 10.3. The molecule has 0 fully saturated rings. The highest BCUT2D eigenvalue weighted by Crippen LogP contribution is 2.33. The van der Waals surface area contributed by atoms with Crippen molar-refractivity contribution in [1.82, 2.24) is 4.31 Å². The van der Waals surface area contributed by atoms with Gasteiger partial charge in [0.2, 0.25) is 10.0 Å². The predicted molar refractivity (Wildman–Crippen MR) is 88.9 cm³/mol. The Morgan fingerprint density at radius 2 is 1.62 bits per heavy atom. The summed E-state index contributed by atoms with van der Waals surface area (Å²) in [6.45, 7) is 5.03. The van der Waals surface area contributed by atoms with E-state index in [4.69, 9.17) is 23.1 Å². The van der Waals surface area contributed by atoms with E-state index in [1.165, 1.54) is 16.4 Å². The third-order valence-electron chi connectivity index (χ3n) is 3.31. The minimum absolute atomic E-state index is 0.0228. The number of nitrogens with two attached hydrogens (primary N) is 2. The summed E-state index contributed by atoms with van der Waals surface area (Å²) in [7, 11) is -3.65. The Bertz CT molecular complexity index is 568. The van der Waals surface area contributed by atoms with Crippen LogP contribution in [0.2, 0.25) is 5.02 Å². The fraction of sp³-hybridized carbons (Fsp3) is 0.571. The molecule has 0 bridgehead atoms. The van der Waals surface area contributed by atoms with Gasteiger partial charge in [0.05, 0.1) is 16.4 Å². The minimum Gasteiger partial charge on any atom is -0.397 e. The Balaban J connectivity index is 3.18. The van der Waals surface area contributed by atoms with Crippen LogP contribution in [0.25, 0.3) is 0 Å². The van der Waals surface area contributed by atoms with E-state index in [1.54, 1.807) is 0 Å². The highest BCUT2D eigenvalue weighted by molar-refractivity contribution is 7.89. The summed E-state index contributed by atoms with van der Waals surface area (Å²) in [5.41, 5.74) is 11.8. The summed E-state index contributed by atoms with van der Waals surface area (Å²) >= 11 is 5.97. The Hall–Kier alpha value is -0.980. The van der Waals surface area contributed by atoms with E-state index in [-0.39, 0.29) is 21.3 Å². The van der Waals surface area contributed by atoms with Gasteiger partial charge >= 0.3 is 0 Å². The molecule has 1 rings (SSSR count). The SMILES string of the molecule is CCCCN(CCCC)S(=O)(=O)c1ccc(N)c(Cl)c1N. The molecule has 120 valence electrons. The molecule has 1 aromatic rings. The first-order chi connectivity index (χ1) is 9.86. The van der Waals surface area contributed by atoms with E-state index >= 15 is 0 Å². The lowest BCUT2D eigenvalue weighted by molar-refractivity contribution is 0.395. The van der Waals surface area contributed by atoms with Gasteiger partial charge in [-0.2, -0.15) is 4.31 Å². The van der Waals surface area contributed by atoms with Gasteiger partial charge in [-0.3, -0.25) is 0 Å². The van der Waals surface area contributed by atoms with Crippen LogP contribution in [0.4, 0.5) is 11.4 Å². The second-order valence-electron chi connectivity index (χ2n) is 4.99. The van der Waals surface area contributed by atoms with Crippen molar-refractivity contribution in [3.8, 4) is 0 Å². The maximum atomic E-state index is 12.8. The van der Waals surface area contributed by atoms with Crippen LogP contribution >= 0.6 is 11.6 Å². The second kappa shape index (κ2) is 7.87. The molecule has 0 aliphatic heterocycles. The van der Waals surface area contributed by atoms with Gasteiger partial charge in [-0.25, -0.2) is 8.42 Å². The van der Waals surface area contributed by atoms with E-state index in [0.29, 0.717) is 13.1 Å². The first-order valence-corrected chi connectivity index (χ1v) is 9.01. The average Bonchev–Trinajstić information content (AvgIpc) is 2.44. The van der Waals surface area contributed by atoms with Crippen molar-refractivity contribution in [2.24, 2.45) is 0 Å². The summed E-state index contributed by atoms with van der Waals surface area (Å²) < 4.78 is 27.0. The molecule has 0 aromatic heterocycles. The number of sulfonamides is 1. The molecule has 0 aliphatic rings. The third kappa shape index (κ3) is 4.25. The molecule has 21 heavy (non-hydrogen) atoms. The van der Waals surface area contributed by atoms with Crippen molar-refractivity contribution < 1.29 is 8.42 Å². The molecule has 0 atom stereocenters. The van der Waals surface area contributed by atoms with Crippen LogP contribution < -0.4 is 11.5 Å². The Kier molecular flexibility index (Phi) is 6.77. The number of anilines is 2. The normalized spacial score (nSPS) is 12.0. The number of nitrogens with zero attached hydrogens (tertiary/aromatic N) is 1. The molecule has 5 nitrogen and oxygen atoms in total. The number of hydrogen-bond acceptors (Lipinski definition) is 4. The highest BCUT2D eigenvalue weighted by Gasteiger charge is 2.27. The molecular weight excluding hydrogens is 310 g/mol. The van der Waals surface area contributed by atoms with Crippen LogP contribution in [-0.2, 0) is 10.0 Å². The van der Waals surface area contributed by atoms with Crippen molar-refractivity contribution in [2.75, 3.05) is 24.6 Å². The van der Waals surface area contributed by atoms with Gasteiger partial charge < -0.3 is 11.5 Å². The van der Waals surface area contributed by atoms with Crippen molar-refractivity contribution in [3.63, 3.8) is 0 Å². The van der Waals surface area contributed by atoms with Crippen molar-refractivity contribution in [2.45, 2.75) is 44.4 Å². The molecular formula is C14H24ClN3O2S. The van der Waals surface area contributed by atoms with E-state index < -0.39 is 10.0 Å². The first-order valence-electron chi connectivity index (χ1n) is 7.19. The molecule has 0 saturated heterocycles. The third-order valence-corrected chi connectivity index (χ3v) is 5.69. The lowest BCUT2D eigenvalue weighted by Gasteiger charge is -2.23. The summed E-state index contributed by atoms with van der Waals surface area (Å²) in [6.07, 6.45) is 3.48. The Morgan fingerprint density at radius 3 is 2.10 bits per heavy atom. The van der Waals surface area contributed by atoms with Gasteiger partial charge in [-0.15, -0.1) is 0 Å². The zero-order valence-corrected chi connectivity index (χ0v) is 14.2. The summed E-state index contributed by atoms with van der Waals surface area (Å²) in [4.78, 5) is 0.0360. The number of halogens is 1. The summed E-state index contributed by atoms with van der Waals surface area (Å²) in [5, 5.41) is 0.0991. The minimum atomic E-state index is -3.65. The molecule has 0 unspecified atom stereocenters. The average molecular weight is 334 g/mol. The van der Waals surface area contributed by atoms with Crippen molar-refractivity contribution in [3.05, 3.63) is 17.2 Å². The second-order valence-corrected chi connectivity index (χ2v) is 7.28. The quantitative estimate of drug-likeness (QED) is 0.715. The van der Waals surface area contributed by atoms with Crippen LogP contribution in [0.5, 0.6) is 0 Å². The smallest absolute Gasteiger partial charge is 0.245 e. The van der Waals surface area contributed by atoms with Crippen LogP contribution in [-0.4, -0.2) is 25.8 Å². The van der Waals surface area contributed by atoms with Gasteiger partial charge in [0.25, 0.3) is 0 Å². The number of unbranched alkanes of at least 4 members (excludes halogenated alkanes) is 2. The molecule has 4 N–H and O–H groups in total. The summed E-state index contributed by atoms with van der Waals surface area (Å²) in [5.74, 6) is 0. The topological polar surface area (TPSA) is 89.4 Å². The highest BCUT2D eigenvalue weighted by atomic mass is 35.5. The standard InChI is InChI=1S/C14H24ClN3O2S/c1-3-5-9-18(10-6-4-2)21(19,20)12-8-7-11(16)13(15)14(12)17/h7-8H,3-6,9-10,16-17H2,1-2H3. The molecule has 0 radical (unpaired) electrons. The zero-order valence-electron chi connectivity index (χ0n) is 12.6. The van der Waals surface area contributed by atoms with Crippen LogP contribution in [0.15, 0.2) is 17.0 Å². The number of hydrogen-bond donors (Lipinski definition) is 2. The number of benzene rings is 1. The Labute approximate surface area is 132 Å². The van der Waals surface area contributed by atoms with E-state index in [0.717, 1.165) is 25.7 Å².